The molecular formula is C31H34F3N7O4. The number of pyridine rings is 1. The van der Waals surface area contributed by atoms with Crippen LogP contribution < -0.4 is 10.7 Å². The average Bonchev–Trinajstić information content (AvgIpc) is 3.80. The molecule has 5 heterocycles. The Balaban J connectivity index is 0.000000515. The maximum Gasteiger partial charge on any atom is 0.490 e. The molecule has 3 aliphatic rings. The monoisotopic (exact) mass is 625 g/mol. The van der Waals surface area contributed by atoms with E-state index < -0.39 is 12.1 Å². The van der Waals surface area contributed by atoms with Crippen molar-refractivity contribution in [2.24, 2.45) is 5.10 Å². The van der Waals surface area contributed by atoms with Crippen LogP contribution in [-0.2, 0) is 11.2 Å². The van der Waals surface area contributed by atoms with Crippen LogP contribution in [0, 0.1) is 0 Å². The van der Waals surface area contributed by atoms with E-state index in [2.05, 4.69) is 35.6 Å². The number of aromatic nitrogens is 2. The lowest BCUT2D eigenvalue weighted by molar-refractivity contribution is -0.192. The van der Waals surface area contributed by atoms with E-state index in [9.17, 15) is 22.8 Å². The first kappa shape index (κ1) is 31.7. The van der Waals surface area contributed by atoms with Gasteiger partial charge in [0.25, 0.3) is 11.8 Å². The van der Waals surface area contributed by atoms with Gasteiger partial charge >= 0.3 is 12.1 Å². The molecule has 0 radical (unpaired) electrons. The Morgan fingerprint density at radius 2 is 1.82 bits per heavy atom. The number of alkyl halides is 3. The number of fused-ring (bicyclic) bond motifs is 1. The Morgan fingerprint density at radius 3 is 2.51 bits per heavy atom. The molecule has 1 aromatic carbocycles. The highest BCUT2D eigenvalue weighted by Gasteiger charge is 2.38. The van der Waals surface area contributed by atoms with Gasteiger partial charge in [-0.2, -0.15) is 18.3 Å². The number of halogens is 3. The zero-order valence-corrected chi connectivity index (χ0v) is 24.4. The second-order valence-electron chi connectivity index (χ2n) is 11.1. The number of hydrazone groups is 1. The molecule has 0 aliphatic carbocycles. The number of aromatic amines is 1. The van der Waals surface area contributed by atoms with Crippen LogP contribution in [0.2, 0.25) is 0 Å². The molecule has 2 amide bonds. The van der Waals surface area contributed by atoms with E-state index in [0.29, 0.717) is 29.4 Å². The first-order valence-electron chi connectivity index (χ1n) is 14.8. The maximum atomic E-state index is 13.2. The molecule has 14 heteroatoms. The molecule has 11 nitrogen and oxygen atoms in total. The number of aliphatic carboxylic acids is 1. The lowest BCUT2D eigenvalue weighted by Gasteiger charge is -2.28. The lowest BCUT2D eigenvalue weighted by Crippen LogP contribution is -2.42. The van der Waals surface area contributed by atoms with Crippen LogP contribution in [0.3, 0.4) is 0 Å². The van der Waals surface area contributed by atoms with E-state index in [1.165, 1.54) is 12.8 Å². The molecule has 2 saturated heterocycles. The average molecular weight is 626 g/mol. The zero-order chi connectivity index (χ0) is 32.0. The number of H-pyrrole nitrogens is 1. The first-order valence-corrected chi connectivity index (χ1v) is 14.8. The highest BCUT2D eigenvalue weighted by molar-refractivity contribution is 5.98. The highest BCUT2D eigenvalue weighted by Crippen LogP contribution is 2.25. The molecule has 2 fully saturated rings. The number of carbonyl (C=O) groups is 3. The molecule has 3 aromatic rings. The van der Waals surface area contributed by atoms with E-state index in [-0.39, 0.29) is 11.8 Å². The molecule has 0 saturated carbocycles. The van der Waals surface area contributed by atoms with Crippen LogP contribution >= 0.6 is 0 Å². The summed E-state index contributed by atoms with van der Waals surface area (Å²) in [5, 5.41) is 14.3. The Kier molecular flexibility index (Phi) is 9.81. The van der Waals surface area contributed by atoms with Crippen LogP contribution in [-0.4, -0.2) is 93.8 Å². The second kappa shape index (κ2) is 13.9. The van der Waals surface area contributed by atoms with E-state index in [1.54, 1.807) is 12.4 Å². The summed E-state index contributed by atoms with van der Waals surface area (Å²) < 4.78 is 31.7. The van der Waals surface area contributed by atoms with Crippen molar-refractivity contribution in [2.75, 3.05) is 38.1 Å². The number of nitrogens with zero attached hydrogens (tertiary/aromatic N) is 4. The number of benzene rings is 1. The molecule has 1 atom stereocenters. The summed E-state index contributed by atoms with van der Waals surface area (Å²) in [6.07, 6.45) is 3.81. The van der Waals surface area contributed by atoms with Gasteiger partial charge in [0.1, 0.15) is 0 Å². The molecule has 0 bridgehead atoms. The Labute approximate surface area is 257 Å². The molecule has 0 unspecified atom stereocenters. The summed E-state index contributed by atoms with van der Waals surface area (Å²) >= 11 is 0. The minimum absolute atomic E-state index is 0.0381. The molecule has 238 valence electrons. The van der Waals surface area contributed by atoms with Gasteiger partial charge in [-0.1, -0.05) is 0 Å². The summed E-state index contributed by atoms with van der Waals surface area (Å²) in [7, 11) is 0. The van der Waals surface area contributed by atoms with Gasteiger partial charge in [-0.3, -0.25) is 20.0 Å². The van der Waals surface area contributed by atoms with Crippen molar-refractivity contribution in [2.45, 2.75) is 44.3 Å². The fourth-order valence-corrected chi connectivity index (χ4v) is 5.72. The molecule has 0 spiro atoms. The topological polar surface area (TPSA) is 143 Å². The number of carbonyl (C=O) groups excluding carboxylic acids is 2. The number of likely N-dealkylation sites (tertiary alicyclic amines) is 2. The smallest absolute Gasteiger partial charge is 0.475 e. The van der Waals surface area contributed by atoms with Gasteiger partial charge in [0.2, 0.25) is 0 Å². The Morgan fingerprint density at radius 1 is 1.09 bits per heavy atom. The van der Waals surface area contributed by atoms with Gasteiger partial charge in [-0.15, -0.1) is 0 Å². The highest BCUT2D eigenvalue weighted by atomic mass is 19.4. The largest absolute Gasteiger partial charge is 0.490 e. The number of hydrogen-bond donors (Lipinski definition) is 4. The number of hydrogen-bond acceptors (Lipinski definition) is 7. The van der Waals surface area contributed by atoms with Crippen LogP contribution in [0.25, 0.3) is 11.3 Å². The normalized spacial score (nSPS) is 18.3. The second-order valence-corrected chi connectivity index (χ2v) is 11.1. The number of carboxylic acids is 1. The SMILES string of the molecule is O=C(O)C(F)(F)F.O=C1NCCc2[nH]c(-c3ccnc(C=NNc4ccc(C(=O)N5CCC[C@@H]5CN5CCCC5)cc4)c3)cc21. The standard InChI is InChI=1S/C29H33N7O2.C2HF3O2/c37-28-25-17-27(33-26(25)10-12-31-28)21-9-11-30-23(16-21)18-32-34-22-7-5-20(6-8-22)29(38)36-15-3-4-24(36)19-35-13-1-2-14-35;3-2(4,5)1(6)7/h5-9,11,16-18,24,33-34H,1-4,10,12-15,19H2,(H,31,37);(H,6,7)/t24-;/m1./s1. The Bertz CT molecular complexity index is 1550. The van der Waals surface area contributed by atoms with Crippen LogP contribution in [0.5, 0.6) is 0 Å². The summed E-state index contributed by atoms with van der Waals surface area (Å²) in [5.74, 6) is -2.68. The zero-order valence-electron chi connectivity index (χ0n) is 24.4. The van der Waals surface area contributed by atoms with Gasteiger partial charge in [0.15, 0.2) is 0 Å². The van der Waals surface area contributed by atoms with Crippen molar-refractivity contribution in [1.29, 1.82) is 0 Å². The van der Waals surface area contributed by atoms with Gasteiger partial charge in [-0.05, 0) is 81.2 Å². The summed E-state index contributed by atoms with van der Waals surface area (Å²) in [4.78, 5) is 46.5. The first-order chi connectivity index (χ1) is 21.6. The van der Waals surface area contributed by atoms with Crippen molar-refractivity contribution in [3.8, 4) is 11.3 Å². The minimum atomic E-state index is -5.08. The van der Waals surface area contributed by atoms with Crippen LogP contribution in [0.1, 0.15) is 57.8 Å². The van der Waals surface area contributed by atoms with Gasteiger partial charge in [-0.25, -0.2) is 4.79 Å². The third-order valence-electron chi connectivity index (χ3n) is 7.97. The molecule has 2 aromatic heterocycles. The molecule has 4 N–H and O–H groups in total. The van der Waals surface area contributed by atoms with Gasteiger partial charge < -0.3 is 25.2 Å². The van der Waals surface area contributed by atoms with E-state index >= 15 is 0 Å². The fourth-order valence-electron chi connectivity index (χ4n) is 5.72. The maximum absolute atomic E-state index is 13.2. The Hall–Kier alpha value is -4.72. The number of nitrogens with one attached hydrogen (secondary N) is 3. The fraction of sp³-hybridized carbons (Fsp3) is 0.387. The summed E-state index contributed by atoms with van der Waals surface area (Å²) in [6, 6.07) is 13.5. The number of carboxylic acid groups (broad SMARTS) is 1. The van der Waals surface area contributed by atoms with Gasteiger partial charge in [0, 0.05) is 60.8 Å². The van der Waals surface area contributed by atoms with Crippen molar-refractivity contribution in [1.82, 2.24) is 25.1 Å². The quantitative estimate of drug-likeness (QED) is 0.228. The van der Waals surface area contributed by atoms with Crippen LogP contribution in [0.15, 0.2) is 53.8 Å². The van der Waals surface area contributed by atoms with E-state index in [4.69, 9.17) is 9.90 Å². The summed E-state index contributed by atoms with van der Waals surface area (Å²) in [5.41, 5.74) is 8.72. The number of amides is 2. The molecule has 6 rings (SSSR count). The summed E-state index contributed by atoms with van der Waals surface area (Å²) in [6.45, 7) is 4.80. The predicted molar refractivity (Wildman–Crippen MR) is 161 cm³/mol. The molecule has 3 aliphatic heterocycles. The predicted octanol–water partition coefficient (Wildman–Crippen LogP) is 4.14. The third kappa shape index (κ3) is 8.06. The third-order valence-corrected chi connectivity index (χ3v) is 7.97. The van der Waals surface area contributed by atoms with E-state index in [0.717, 1.165) is 68.1 Å². The van der Waals surface area contributed by atoms with Crippen molar-refractivity contribution in [3.63, 3.8) is 0 Å². The van der Waals surface area contributed by atoms with Crippen LogP contribution in [0.4, 0.5) is 18.9 Å². The van der Waals surface area contributed by atoms with Crippen molar-refractivity contribution < 1.29 is 32.7 Å². The molecular weight excluding hydrogens is 591 g/mol. The lowest BCUT2D eigenvalue weighted by atomic mass is 10.1. The van der Waals surface area contributed by atoms with Crippen molar-refractivity contribution in [3.05, 3.63) is 71.2 Å². The minimum Gasteiger partial charge on any atom is -0.475 e. The van der Waals surface area contributed by atoms with Crippen molar-refractivity contribution >= 4 is 29.7 Å². The van der Waals surface area contributed by atoms with Gasteiger partial charge in [0.05, 0.1) is 23.2 Å². The number of rotatable bonds is 7. The molecule has 45 heavy (non-hydrogen) atoms. The number of anilines is 1. The van der Waals surface area contributed by atoms with E-state index in [1.807, 2.05) is 42.5 Å².